The molecule has 4 fully saturated rings. The van der Waals surface area contributed by atoms with E-state index in [-0.39, 0.29) is 16.6 Å². The minimum absolute atomic E-state index is 0.0863. The van der Waals surface area contributed by atoms with E-state index in [0.29, 0.717) is 50.3 Å². The molecule has 0 spiro atoms. The Labute approximate surface area is 240 Å². The SMILES string of the molecule is O=C(O)c1cc(C#CC23CCC(OCc4c(-c5c(Cl)cncc5Cl)noc4C4CC4)(CC2)CC3)cc2[nH]ncc12. The predicted octanol–water partition coefficient (Wildman–Crippen LogP) is 7.16. The van der Waals surface area contributed by atoms with E-state index in [2.05, 4.69) is 32.2 Å². The van der Waals surface area contributed by atoms with Crippen LogP contribution in [0.3, 0.4) is 0 Å². The molecule has 3 aromatic heterocycles. The molecular formula is C30H26Cl2N4O4. The van der Waals surface area contributed by atoms with Crippen LogP contribution in [0.15, 0.2) is 35.2 Å². The lowest BCUT2D eigenvalue weighted by Crippen LogP contribution is -2.47. The van der Waals surface area contributed by atoms with Crippen molar-refractivity contribution in [1.29, 1.82) is 0 Å². The second-order valence-corrected chi connectivity index (χ2v) is 12.1. The van der Waals surface area contributed by atoms with Gasteiger partial charge in [-0.2, -0.15) is 5.10 Å². The number of halogens is 2. The van der Waals surface area contributed by atoms with Gasteiger partial charge in [-0.05, 0) is 63.5 Å². The Morgan fingerprint density at radius 2 is 1.82 bits per heavy atom. The minimum atomic E-state index is -0.986. The molecule has 4 aliphatic carbocycles. The summed E-state index contributed by atoms with van der Waals surface area (Å²) in [5.41, 5.74) is 3.46. The van der Waals surface area contributed by atoms with Crippen LogP contribution in [-0.2, 0) is 11.3 Å². The molecule has 2 N–H and O–H groups in total. The van der Waals surface area contributed by atoms with E-state index < -0.39 is 5.97 Å². The molecule has 0 aliphatic heterocycles. The summed E-state index contributed by atoms with van der Waals surface area (Å²) < 4.78 is 12.5. The van der Waals surface area contributed by atoms with Gasteiger partial charge in [0.15, 0.2) is 0 Å². The fourth-order valence-electron chi connectivity index (χ4n) is 6.25. The molecule has 0 amide bonds. The molecule has 4 aliphatic rings. The maximum absolute atomic E-state index is 11.7. The number of ether oxygens (including phenoxy) is 1. The van der Waals surface area contributed by atoms with Crippen LogP contribution >= 0.6 is 23.2 Å². The van der Waals surface area contributed by atoms with Gasteiger partial charge in [0.2, 0.25) is 0 Å². The van der Waals surface area contributed by atoms with Gasteiger partial charge < -0.3 is 14.4 Å². The third kappa shape index (κ3) is 4.46. The summed E-state index contributed by atoms with van der Waals surface area (Å²) in [4.78, 5) is 15.8. The second-order valence-electron chi connectivity index (χ2n) is 11.3. The first-order valence-electron chi connectivity index (χ1n) is 13.5. The summed E-state index contributed by atoms with van der Waals surface area (Å²) >= 11 is 12.9. The average molecular weight is 577 g/mol. The Morgan fingerprint density at radius 3 is 2.50 bits per heavy atom. The molecule has 8 rings (SSSR count). The van der Waals surface area contributed by atoms with Crippen molar-refractivity contribution in [3.05, 3.63) is 63.2 Å². The number of rotatable bonds is 6. The van der Waals surface area contributed by atoms with Crippen molar-refractivity contribution in [1.82, 2.24) is 20.3 Å². The summed E-state index contributed by atoms with van der Waals surface area (Å²) in [7, 11) is 0. The number of benzene rings is 1. The lowest BCUT2D eigenvalue weighted by atomic mass is 9.59. The van der Waals surface area contributed by atoms with Gasteiger partial charge >= 0.3 is 5.97 Å². The number of aromatic nitrogens is 4. The van der Waals surface area contributed by atoms with Crippen molar-refractivity contribution >= 4 is 40.1 Å². The number of fused-ring (bicyclic) bond motifs is 4. The highest BCUT2D eigenvalue weighted by Gasteiger charge is 2.49. The second kappa shape index (κ2) is 9.62. The highest BCUT2D eigenvalue weighted by molar-refractivity contribution is 6.38. The third-order valence-electron chi connectivity index (χ3n) is 8.82. The molecule has 40 heavy (non-hydrogen) atoms. The van der Waals surface area contributed by atoms with Crippen LogP contribution < -0.4 is 0 Å². The summed E-state index contributed by atoms with van der Waals surface area (Å²) in [6.07, 6.45) is 12.4. The van der Waals surface area contributed by atoms with E-state index in [1.165, 1.54) is 6.20 Å². The molecule has 0 radical (unpaired) electrons. The standard InChI is InChI=1S/C30H26Cl2N4O4/c31-22-14-33-15-23(32)25(22)26-21(27(40-36-26)18-1-2-18)16-39-30-8-5-29(6-9-30,7-10-30)4-3-17-11-19(28(37)38)20-13-34-35-24(20)12-17/h11-15,18H,1-2,5-10,16H2,(H,34,35)(H,37,38). The molecule has 3 heterocycles. The highest BCUT2D eigenvalue weighted by atomic mass is 35.5. The van der Waals surface area contributed by atoms with E-state index >= 15 is 0 Å². The van der Waals surface area contributed by atoms with Gasteiger partial charge in [0.1, 0.15) is 11.5 Å². The lowest BCUT2D eigenvalue weighted by Gasteiger charge is -2.51. The number of H-pyrrole nitrogens is 1. The largest absolute Gasteiger partial charge is 0.478 e. The van der Waals surface area contributed by atoms with Gasteiger partial charge in [0.05, 0.1) is 39.5 Å². The first-order chi connectivity index (χ1) is 19.4. The first kappa shape index (κ1) is 25.6. The number of aromatic carboxylic acids is 1. The average Bonchev–Trinajstić information content (AvgIpc) is 3.54. The van der Waals surface area contributed by atoms with Gasteiger partial charge in [0, 0.05) is 45.8 Å². The number of hydrogen-bond donors (Lipinski definition) is 2. The summed E-state index contributed by atoms with van der Waals surface area (Å²) in [5.74, 6) is 7.06. The molecule has 0 saturated heterocycles. The molecular weight excluding hydrogens is 551 g/mol. The van der Waals surface area contributed by atoms with Crippen LogP contribution in [0.5, 0.6) is 0 Å². The minimum Gasteiger partial charge on any atom is -0.478 e. The molecule has 8 nitrogen and oxygen atoms in total. The quantitative estimate of drug-likeness (QED) is 0.234. The van der Waals surface area contributed by atoms with Gasteiger partial charge in [-0.1, -0.05) is 40.2 Å². The summed E-state index contributed by atoms with van der Waals surface area (Å²) in [5, 5.41) is 22.3. The van der Waals surface area contributed by atoms with Crippen molar-refractivity contribution in [3.8, 4) is 23.1 Å². The van der Waals surface area contributed by atoms with Gasteiger partial charge in [0.25, 0.3) is 0 Å². The maximum atomic E-state index is 11.7. The van der Waals surface area contributed by atoms with Crippen molar-refractivity contribution < 1.29 is 19.2 Å². The molecule has 1 aromatic carbocycles. The van der Waals surface area contributed by atoms with E-state index in [4.69, 9.17) is 32.5 Å². The van der Waals surface area contributed by atoms with Crippen LogP contribution in [0.2, 0.25) is 10.0 Å². The van der Waals surface area contributed by atoms with Crippen LogP contribution in [-0.4, -0.2) is 37.0 Å². The van der Waals surface area contributed by atoms with Crippen molar-refractivity contribution in [2.75, 3.05) is 0 Å². The molecule has 0 atom stereocenters. The normalized spacial score (nSPS) is 23.8. The molecule has 204 valence electrons. The van der Waals surface area contributed by atoms with E-state index in [0.717, 1.165) is 62.7 Å². The number of pyridine rings is 1. The number of nitrogens with one attached hydrogen (secondary N) is 1. The van der Waals surface area contributed by atoms with Gasteiger partial charge in [-0.25, -0.2) is 4.79 Å². The van der Waals surface area contributed by atoms with E-state index in [9.17, 15) is 9.90 Å². The highest BCUT2D eigenvalue weighted by Crippen LogP contribution is 2.54. The van der Waals surface area contributed by atoms with Gasteiger partial charge in [-0.15, -0.1) is 0 Å². The monoisotopic (exact) mass is 576 g/mol. The Kier molecular flexibility index (Phi) is 6.15. The van der Waals surface area contributed by atoms with Crippen LogP contribution in [0.25, 0.3) is 22.2 Å². The smallest absolute Gasteiger partial charge is 0.336 e. The Morgan fingerprint density at radius 1 is 1.10 bits per heavy atom. The topological polar surface area (TPSA) is 114 Å². The number of nitrogens with zero attached hydrogens (tertiary/aromatic N) is 3. The zero-order chi connectivity index (χ0) is 27.5. The van der Waals surface area contributed by atoms with Crippen LogP contribution in [0, 0.1) is 17.3 Å². The number of hydrogen-bond acceptors (Lipinski definition) is 6. The third-order valence-corrected chi connectivity index (χ3v) is 9.39. The Bertz CT molecular complexity index is 1670. The first-order valence-corrected chi connectivity index (χ1v) is 14.3. The molecule has 10 heteroatoms. The molecule has 2 bridgehead atoms. The van der Waals surface area contributed by atoms with Gasteiger partial charge in [-0.3, -0.25) is 10.1 Å². The summed E-state index contributed by atoms with van der Waals surface area (Å²) in [6, 6.07) is 3.50. The number of carbonyl (C=O) groups is 1. The molecule has 4 aromatic rings. The molecule has 0 unspecified atom stereocenters. The van der Waals surface area contributed by atoms with Crippen molar-refractivity contribution in [2.24, 2.45) is 5.41 Å². The number of aromatic amines is 1. The van der Waals surface area contributed by atoms with E-state index in [1.54, 1.807) is 18.5 Å². The summed E-state index contributed by atoms with van der Waals surface area (Å²) in [6.45, 7) is 0.389. The zero-order valence-corrected chi connectivity index (χ0v) is 23.1. The number of carboxylic acid groups (broad SMARTS) is 1. The Balaban J connectivity index is 1.09. The van der Waals surface area contributed by atoms with Crippen LogP contribution in [0.4, 0.5) is 0 Å². The Hall–Kier alpha value is -3.38. The maximum Gasteiger partial charge on any atom is 0.336 e. The number of carboxylic acids is 1. The fourth-order valence-corrected chi connectivity index (χ4v) is 6.79. The lowest BCUT2D eigenvalue weighted by molar-refractivity contribution is -0.131. The van der Waals surface area contributed by atoms with Crippen molar-refractivity contribution in [2.45, 2.75) is 69.5 Å². The van der Waals surface area contributed by atoms with E-state index in [1.807, 2.05) is 6.07 Å². The fraction of sp³-hybridized carbons (Fsp3) is 0.400. The van der Waals surface area contributed by atoms with Crippen LogP contribution in [0.1, 0.15) is 84.5 Å². The predicted molar refractivity (Wildman–Crippen MR) is 149 cm³/mol. The zero-order valence-electron chi connectivity index (χ0n) is 21.6. The molecule has 4 saturated carbocycles. The van der Waals surface area contributed by atoms with Crippen molar-refractivity contribution in [3.63, 3.8) is 0 Å².